The molecule has 0 saturated heterocycles. The fourth-order valence-corrected chi connectivity index (χ4v) is 2.46. The summed E-state index contributed by atoms with van der Waals surface area (Å²) in [5.74, 6) is 0.636. The molecule has 2 aromatic carbocycles. The van der Waals surface area contributed by atoms with Crippen LogP contribution in [0, 0.1) is 6.92 Å². The average Bonchev–Trinajstić information content (AvgIpc) is 2.89. The van der Waals surface area contributed by atoms with Gasteiger partial charge in [-0.15, -0.1) is 0 Å². The van der Waals surface area contributed by atoms with Crippen molar-refractivity contribution in [2.24, 2.45) is 5.10 Å². The fourth-order valence-electron chi connectivity index (χ4n) is 2.46. The van der Waals surface area contributed by atoms with E-state index in [-0.39, 0.29) is 12.5 Å². The number of hydrogen-bond acceptors (Lipinski definition) is 3. The van der Waals surface area contributed by atoms with Crippen molar-refractivity contribution in [1.29, 1.82) is 0 Å². The van der Waals surface area contributed by atoms with E-state index in [2.05, 4.69) is 15.5 Å². The molecule has 0 radical (unpaired) electrons. The van der Waals surface area contributed by atoms with Crippen LogP contribution in [-0.2, 0) is 11.3 Å². The van der Waals surface area contributed by atoms with Crippen LogP contribution in [-0.4, -0.2) is 21.2 Å². The zero-order chi connectivity index (χ0) is 16.2. The maximum Gasteiger partial charge on any atom is 0.260 e. The minimum Gasteiger partial charge on any atom is -0.319 e. The van der Waals surface area contributed by atoms with Crippen molar-refractivity contribution in [3.8, 4) is 0 Å². The third-order valence-electron chi connectivity index (χ3n) is 3.69. The van der Waals surface area contributed by atoms with E-state index in [0.717, 1.165) is 28.1 Å². The number of carbonyl (C=O) groups excluding carboxylic acids is 1. The van der Waals surface area contributed by atoms with E-state index >= 15 is 0 Å². The molecule has 3 rings (SSSR count). The maximum absolute atomic E-state index is 12.2. The van der Waals surface area contributed by atoms with Crippen molar-refractivity contribution in [3.63, 3.8) is 0 Å². The molecule has 1 heterocycles. The second-order valence-electron chi connectivity index (χ2n) is 5.33. The number of nitrogens with zero attached hydrogens (tertiary/aromatic N) is 3. The molecule has 5 heteroatoms. The molecule has 0 aliphatic rings. The van der Waals surface area contributed by atoms with Gasteiger partial charge in [0.05, 0.1) is 16.7 Å². The summed E-state index contributed by atoms with van der Waals surface area (Å²) in [6.45, 7) is 3.96. The lowest BCUT2D eigenvalue weighted by Gasteiger charge is -2.06. The number of amides is 1. The highest BCUT2D eigenvalue weighted by Crippen LogP contribution is 2.15. The van der Waals surface area contributed by atoms with Crippen LogP contribution < -0.4 is 5.43 Å². The molecule has 0 atom stereocenters. The van der Waals surface area contributed by atoms with Crippen LogP contribution in [0.4, 0.5) is 0 Å². The Morgan fingerprint density at radius 2 is 1.83 bits per heavy atom. The lowest BCUT2D eigenvalue weighted by Crippen LogP contribution is -2.24. The molecule has 23 heavy (non-hydrogen) atoms. The summed E-state index contributed by atoms with van der Waals surface area (Å²) < 4.78 is 1.89. The van der Waals surface area contributed by atoms with Gasteiger partial charge in [0.15, 0.2) is 0 Å². The van der Waals surface area contributed by atoms with Crippen molar-refractivity contribution >= 4 is 22.7 Å². The summed E-state index contributed by atoms with van der Waals surface area (Å²) >= 11 is 0. The van der Waals surface area contributed by atoms with Crippen LogP contribution in [0.3, 0.4) is 0 Å². The summed E-state index contributed by atoms with van der Waals surface area (Å²) in [4.78, 5) is 16.6. The van der Waals surface area contributed by atoms with Crippen LogP contribution in [0.1, 0.15) is 18.3 Å². The zero-order valence-corrected chi connectivity index (χ0v) is 13.2. The Balaban J connectivity index is 1.73. The van der Waals surface area contributed by atoms with Gasteiger partial charge in [0, 0.05) is 0 Å². The highest BCUT2D eigenvalue weighted by Gasteiger charge is 2.10. The lowest BCUT2D eigenvalue weighted by atomic mass is 10.1. The second kappa shape index (κ2) is 6.44. The third-order valence-corrected chi connectivity index (χ3v) is 3.69. The molecule has 0 aliphatic heterocycles. The zero-order valence-electron chi connectivity index (χ0n) is 13.2. The molecule has 0 unspecified atom stereocenters. The highest BCUT2D eigenvalue weighted by atomic mass is 16.2. The van der Waals surface area contributed by atoms with Gasteiger partial charge in [0.2, 0.25) is 0 Å². The fraction of sp³-hybridized carbons (Fsp3) is 0.167. The van der Waals surface area contributed by atoms with Crippen LogP contribution in [0.2, 0.25) is 0 Å². The van der Waals surface area contributed by atoms with Crippen LogP contribution in [0.5, 0.6) is 0 Å². The van der Waals surface area contributed by atoms with E-state index < -0.39 is 0 Å². The van der Waals surface area contributed by atoms with Gasteiger partial charge in [0.1, 0.15) is 12.4 Å². The number of para-hydroxylation sites is 2. The molecule has 0 bridgehead atoms. The van der Waals surface area contributed by atoms with E-state index in [1.165, 1.54) is 0 Å². The standard InChI is InChI=1S/C18H18N4O/c1-13(15-8-4-3-5-9-15)20-21-18(23)12-22-14(2)19-16-10-6-7-11-17(16)22/h3-11H,12H2,1-2H3,(H,21,23)/b20-13+. The normalized spacial score (nSPS) is 11.7. The number of benzene rings is 2. The molecule has 0 spiro atoms. The number of aryl methyl sites for hydroxylation is 1. The van der Waals surface area contributed by atoms with Crippen molar-refractivity contribution in [3.05, 3.63) is 66.0 Å². The number of imidazole rings is 1. The number of aromatic nitrogens is 2. The van der Waals surface area contributed by atoms with E-state index in [9.17, 15) is 4.79 Å². The van der Waals surface area contributed by atoms with Gasteiger partial charge < -0.3 is 4.57 Å². The van der Waals surface area contributed by atoms with Crippen molar-refractivity contribution < 1.29 is 4.79 Å². The maximum atomic E-state index is 12.2. The first-order valence-electron chi connectivity index (χ1n) is 7.45. The molecule has 0 saturated carbocycles. The molecule has 0 fully saturated rings. The van der Waals surface area contributed by atoms with Crippen molar-refractivity contribution in [1.82, 2.24) is 15.0 Å². The first kappa shape index (κ1) is 15.0. The van der Waals surface area contributed by atoms with E-state index in [1.54, 1.807) is 0 Å². The Morgan fingerprint density at radius 3 is 2.61 bits per heavy atom. The Kier molecular flexibility index (Phi) is 4.19. The van der Waals surface area contributed by atoms with Crippen molar-refractivity contribution in [2.75, 3.05) is 0 Å². The predicted molar refractivity (Wildman–Crippen MR) is 91.3 cm³/mol. The number of nitrogens with one attached hydrogen (secondary N) is 1. The Morgan fingerprint density at radius 1 is 1.13 bits per heavy atom. The molecular formula is C18H18N4O. The molecule has 1 N–H and O–H groups in total. The SMILES string of the molecule is C/C(=N\NC(=O)Cn1c(C)nc2ccccc21)c1ccccc1. The first-order chi connectivity index (χ1) is 11.1. The molecule has 116 valence electrons. The summed E-state index contributed by atoms with van der Waals surface area (Å²) in [6, 6.07) is 17.5. The Bertz CT molecular complexity index is 865. The lowest BCUT2D eigenvalue weighted by molar-refractivity contribution is -0.121. The van der Waals surface area contributed by atoms with Gasteiger partial charge in [-0.1, -0.05) is 42.5 Å². The van der Waals surface area contributed by atoms with Crippen LogP contribution in [0.15, 0.2) is 59.7 Å². The minimum absolute atomic E-state index is 0.175. The quantitative estimate of drug-likeness (QED) is 0.595. The van der Waals surface area contributed by atoms with Gasteiger partial charge in [-0.25, -0.2) is 10.4 Å². The highest BCUT2D eigenvalue weighted by molar-refractivity contribution is 5.99. The minimum atomic E-state index is -0.175. The summed E-state index contributed by atoms with van der Waals surface area (Å²) in [5, 5.41) is 4.17. The molecule has 5 nitrogen and oxygen atoms in total. The molecule has 1 amide bonds. The van der Waals surface area contributed by atoms with Crippen LogP contribution >= 0.6 is 0 Å². The summed E-state index contributed by atoms with van der Waals surface area (Å²) in [7, 11) is 0. The Labute approximate surface area is 134 Å². The third kappa shape index (κ3) is 3.29. The van der Waals surface area contributed by atoms with E-state index in [0.29, 0.717) is 0 Å². The molecule has 1 aromatic heterocycles. The topological polar surface area (TPSA) is 59.3 Å². The van der Waals surface area contributed by atoms with Gasteiger partial charge in [-0.2, -0.15) is 5.10 Å². The van der Waals surface area contributed by atoms with E-state index in [1.807, 2.05) is 73.0 Å². The van der Waals surface area contributed by atoms with Crippen molar-refractivity contribution in [2.45, 2.75) is 20.4 Å². The molecule has 3 aromatic rings. The number of hydrogen-bond donors (Lipinski definition) is 1. The Hall–Kier alpha value is -2.95. The van der Waals surface area contributed by atoms with Crippen LogP contribution in [0.25, 0.3) is 11.0 Å². The first-order valence-corrected chi connectivity index (χ1v) is 7.45. The largest absolute Gasteiger partial charge is 0.319 e. The number of fused-ring (bicyclic) bond motifs is 1. The second-order valence-corrected chi connectivity index (χ2v) is 5.33. The monoisotopic (exact) mass is 306 g/mol. The summed E-state index contributed by atoms with van der Waals surface area (Å²) in [5.41, 5.74) is 6.20. The predicted octanol–water partition coefficient (Wildman–Crippen LogP) is 2.89. The number of hydrazone groups is 1. The number of rotatable bonds is 4. The van der Waals surface area contributed by atoms with Gasteiger partial charge >= 0.3 is 0 Å². The van der Waals surface area contributed by atoms with Gasteiger partial charge in [-0.05, 0) is 31.5 Å². The average molecular weight is 306 g/mol. The molecule has 0 aliphatic carbocycles. The summed E-state index contributed by atoms with van der Waals surface area (Å²) in [6.07, 6.45) is 0. The smallest absolute Gasteiger partial charge is 0.260 e. The van der Waals surface area contributed by atoms with Gasteiger partial charge in [-0.3, -0.25) is 4.79 Å². The van der Waals surface area contributed by atoms with E-state index in [4.69, 9.17) is 0 Å². The number of carbonyl (C=O) groups is 1. The van der Waals surface area contributed by atoms with Gasteiger partial charge in [0.25, 0.3) is 5.91 Å². The molecular weight excluding hydrogens is 288 g/mol.